The van der Waals surface area contributed by atoms with Crippen molar-refractivity contribution in [3.05, 3.63) is 118 Å². The lowest BCUT2D eigenvalue weighted by molar-refractivity contribution is -0.384. The number of carbonyl (C=O) groups excluding carboxylic acids is 2. The molecule has 5 rings (SSSR count). The van der Waals surface area contributed by atoms with E-state index in [0.717, 1.165) is 22.4 Å². The highest BCUT2D eigenvalue weighted by Gasteiger charge is 2.50. The molecule has 1 N–H and O–H groups in total. The van der Waals surface area contributed by atoms with Crippen LogP contribution in [0.4, 0.5) is 11.4 Å². The topological polar surface area (TPSA) is 101 Å². The molecule has 1 aliphatic heterocycles. The zero-order chi connectivity index (χ0) is 23.9. The molecule has 34 heavy (non-hydrogen) atoms. The van der Waals surface area contributed by atoms with Gasteiger partial charge in [0.15, 0.2) is 11.4 Å². The fourth-order valence-electron chi connectivity index (χ4n) is 4.56. The summed E-state index contributed by atoms with van der Waals surface area (Å²) < 4.78 is 0. The molecule has 0 spiro atoms. The minimum Gasteiger partial charge on any atom is -0.375 e. The monoisotopic (exact) mass is 452 g/mol. The van der Waals surface area contributed by atoms with Crippen molar-refractivity contribution < 1.29 is 19.6 Å². The second-order valence-electron chi connectivity index (χ2n) is 8.31. The van der Waals surface area contributed by atoms with Crippen LogP contribution in [0.1, 0.15) is 27.9 Å². The van der Waals surface area contributed by atoms with Crippen LogP contribution in [0.15, 0.2) is 91.0 Å². The van der Waals surface area contributed by atoms with Crippen molar-refractivity contribution in [3.63, 3.8) is 0 Å². The van der Waals surface area contributed by atoms with Crippen LogP contribution < -0.4 is 4.90 Å². The minimum atomic E-state index is -2.07. The highest BCUT2D eigenvalue weighted by Crippen LogP contribution is 2.44. The lowest BCUT2D eigenvalue weighted by atomic mass is 9.88. The third kappa shape index (κ3) is 3.52. The van der Waals surface area contributed by atoms with E-state index < -0.39 is 28.6 Å². The molecular weight excluding hydrogens is 432 g/mol. The lowest BCUT2D eigenvalue weighted by Crippen LogP contribution is -2.41. The number of fused-ring (bicyclic) bond motifs is 2. The number of amides is 1. The zero-order valence-electron chi connectivity index (χ0n) is 18.0. The molecule has 0 bridgehead atoms. The molecule has 4 aromatic carbocycles. The van der Waals surface area contributed by atoms with Gasteiger partial charge in [-0.05, 0) is 22.4 Å². The molecule has 0 aromatic heterocycles. The predicted molar refractivity (Wildman–Crippen MR) is 128 cm³/mol. The Morgan fingerprint density at radius 1 is 0.941 bits per heavy atom. The van der Waals surface area contributed by atoms with Gasteiger partial charge >= 0.3 is 0 Å². The van der Waals surface area contributed by atoms with Crippen LogP contribution in [0.3, 0.4) is 0 Å². The highest BCUT2D eigenvalue weighted by molar-refractivity contribution is 6.11. The van der Waals surface area contributed by atoms with Gasteiger partial charge in [0, 0.05) is 23.3 Å². The number of para-hydroxylation sites is 1. The normalized spacial score (nSPS) is 17.1. The first kappa shape index (κ1) is 21.5. The van der Waals surface area contributed by atoms with Crippen LogP contribution in [0.5, 0.6) is 0 Å². The van der Waals surface area contributed by atoms with E-state index >= 15 is 0 Å². The molecule has 1 amide bonds. The van der Waals surface area contributed by atoms with Gasteiger partial charge in [-0.1, -0.05) is 72.8 Å². The maximum Gasteiger partial charge on any atom is 0.270 e. The summed E-state index contributed by atoms with van der Waals surface area (Å²) in [5.74, 6) is -1.15. The molecule has 1 unspecified atom stereocenters. The maximum atomic E-state index is 13.6. The summed E-state index contributed by atoms with van der Waals surface area (Å²) >= 11 is 0. The summed E-state index contributed by atoms with van der Waals surface area (Å²) in [7, 11) is 0. The SMILES string of the molecule is O=C(CC1(O)C(=O)N(Cc2cccc3ccccc23)c2ccccc21)c1cccc([N+](=O)[O-])c1. The Morgan fingerprint density at radius 2 is 1.65 bits per heavy atom. The largest absolute Gasteiger partial charge is 0.375 e. The first-order chi connectivity index (χ1) is 16.4. The molecule has 1 aliphatic rings. The van der Waals surface area contributed by atoms with Crippen molar-refractivity contribution in [1.29, 1.82) is 0 Å². The fourth-order valence-corrected chi connectivity index (χ4v) is 4.56. The van der Waals surface area contributed by atoms with Gasteiger partial charge in [0.05, 0.1) is 23.6 Å². The molecule has 0 aliphatic carbocycles. The van der Waals surface area contributed by atoms with E-state index in [1.165, 1.54) is 23.1 Å². The first-order valence-corrected chi connectivity index (χ1v) is 10.8. The standard InChI is InChI=1S/C27H20N2O5/c30-25(19-9-6-11-21(15-19)29(33)34)16-27(32)23-13-3-4-14-24(23)28(26(27)31)17-20-10-5-8-18-7-1-2-12-22(18)20/h1-15,32H,16-17H2. The van der Waals surface area contributed by atoms with Crippen molar-refractivity contribution in [2.24, 2.45) is 0 Å². The van der Waals surface area contributed by atoms with Crippen molar-refractivity contribution in [3.8, 4) is 0 Å². The second kappa shape index (κ2) is 8.20. The third-order valence-electron chi connectivity index (χ3n) is 6.24. The number of non-ortho nitro benzene ring substituents is 1. The Kier molecular flexibility index (Phi) is 5.18. The Balaban J connectivity index is 1.51. The third-order valence-corrected chi connectivity index (χ3v) is 6.24. The van der Waals surface area contributed by atoms with E-state index in [0.29, 0.717) is 11.3 Å². The summed E-state index contributed by atoms with van der Waals surface area (Å²) in [6.45, 7) is 0.227. The molecule has 1 heterocycles. The number of anilines is 1. The number of hydrogen-bond acceptors (Lipinski definition) is 5. The van der Waals surface area contributed by atoms with Crippen molar-refractivity contribution in [2.45, 2.75) is 18.6 Å². The summed E-state index contributed by atoms with van der Waals surface area (Å²) in [4.78, 5) is 38.6. The molecular formula is C27H20N2O5. The van der Waals surface area contributed by atoms with E-state index in [2.05, 4.69) is 0 Å². The Morgan fingerprint density at radius 3 is 2.47 bits per heavy atom. The zero-order valence-corrected chi connectivity index (χ0v) is 18.0. The Bertz CT molecular complexity index is 1460. The molecule has 7 nitrogen and oxygen atoms in total. The van der Waals surface area contributed by atoms with Crippen LogP contribution >= 0.6 is 0 Å². The minimum absolute atomic E-state index is 0.0698. The first-order valence-electron chi connectivity index (χ1n) is 10.8. The van der Waals surface area contributed by atoms with Crippen molar-refractivity contribution >= 4 is 33.8 Å². The summed E-state index contributed by atoms with van der Waals surface area (Å²) in [5.41, 5.74) is -0.429. The van der Waals surface area contributed by atoms with E-state index in [9.17, 15) is 24.8 Å². The average molecular weight is 452 g/mol. The van der Waals surface area contributed by atoms with Crippen LogP contribution in [0.25, 0.3) is 10.8 Å². The lowest BCUT2D eigenvalue weighted by Gasteiger charge is -2.23. The molecule has 0 radical (unpaired) electrons. The van der Waals surface area contributed by atoms with Gasteiger partial charge in [-0.15, -0.1) is 0 Å². The second-order valence-corrected chi connectivity index (χ2v) is 8.31. The number of benzene rings is 4. The number of rotatable bonds is 6. The molecule has 0 saturated carbocycles. The summed E-state index contributed by atoms with van der Waals surface area (Å²) in [5, 5.41) is 24.7. The van der Waals surface area contributed by atoms with Crippen LogP contribution in [0.2, 0.25) is 0 Å². The molecule has 0 fully saturated rings. The number of ketones is 1. The van der Waals surface area contributed by atoms with E-state index in [-0.39, 0.29) is 17.8 Å². The number of Topliss-reactive ketones (excluding diaryl/α,β-unsaturated/α-hetero) is 1. The molecule has 168 valence electrons. The molecule has 7 heteroatoms. The van der Waals surface area contributed by atoms with E-state index in [1.807, 2.05) is 42.5 Å². The van der Waals surface area contributed by atoms with Crippen LogP contribution in [0, 0.1) is 10.1 Å². The smallest absolute Gasteiger partial charge is 0.270 e. The number of nitro groups is 1. The van der Waals surface area contributed by atoms with Gasteiger partial charge in [-0.25, -0.2) is 0 Å². The molecule has 4 aromatic rings. The summed E-state index contributed by atoms with van der Waals surface area (Å²) in [6, 6.07) is 25.8. The number of hydrogen-bond donors (Lipinski definition) is 1. The van der Waals surface area contributed by atoms with E-state index in [1.54, 1.807) is 24.3 Å². The molecule has 0 saturated heterocycles. The van der Waals surface area contributed by atoms with Gasteiger partial charge < -0.3 is 10.0 Å². The van der Waals surface area contributed by atoms with Crippen molar-refractivity contribution in [1.82, 2.24) is 0 Å². The van der Waals surface area contributed by atoms with Crippen LogP contribution in [-0.4, -0.2) is 21.7 Å². The van der Waals surface area contributed by atoms with Gasteiger partial charge in [0.25, 0.3) is 11.6 Å². The van der Waals surface area contributed by atoms with E-state index in [4.69, 9.17) is 0 Å². The number of nitro benzene ring substituents is 1. The number of aliphatic hydroxyl groups is 1. The quantitative estimate of drug-likeness (QED) is 0.258. The molecule has 1 atom stereocenters. The highest BCUT2D eigenvalue weighted by atomic mass is 16.6. The van der Waals surface area contributed by atoms with Crippen LogP contribution in [-0.2, 0) is 16.9 Å². The fraction of sp³-hybridized carbons (Fsp3) is 0.111. The van der Waals surface area contributed by atoms with Gasteiger partial charge in [0.1, 0.15) is 0 Å². The Hall–Kier alpha value is -4.36. The number of nitrogens with zero attached hydrogens (tertiary/aromatic N) is 2. The average Bonchev–Trinajstić information content (AvgIpc) is 3.06. The van der Waals surface area contributed by atoms with Gasteiger partial charge in [-0.2, -0.15) is 0 Å². The predicted octanol–water partition coefficient (Wildman–Crippen LogP) is 4.76. The van der Waals surface area contributed by atoms with Gasteiger partial charge in [-0.3, -0.25) is 19.7 Å². The van der Waals surface area contributed by atoms with Crippen molar-refractivity contribution in [2.75, 3.05) is 4.90 Å². The number of carbonyl (C=O) groups is 2. The summed E-state index contributed by atoms with van der Waals surface area (Å²) in [6.07, 6.45) is -0.518. The van der Waals surface area contributed by atoms with Gasteiger partial charge in [0.2, 0.25) is 0 Å². The Labute approximate surface area is 195 Å². The maximum absolute atomic E-state index is 13.6.